The predicted octanol–water partition coefficient (Wildman–Crippen LogP) is 4.83. The lowest BCUT2D eigenvalue weighted by molar-refractivity contribution is -0.118. The van der Waals surface area contributed by atoms with E-state index in [9.17, 15) is 9.59 Å². The van der Waals surface area contributed by atoms with E-state index >= 15 is 0 Å². The lowest BCUT2D eigenvalue weighted by Gasteiger charge is -2.23. The largest absolute Gasteiger partial charge is 0.444 e. The fourth-order valence-electron chi connectivity index (χ4n) is 2.39. The summed E-state index contributed by atoms with van der Waals surface area (Å²) in [6, 6.07) is 9.10. The van der Waals surface area contributed by atoms with Gasteiger partial charge in [0, 0.05) is 10.9 Å². The van der Waals surface area contributed by atoms with E-state index in [0.29, 0.717) is 11.6 Å². The average Bonchev–Trinajstić information content (AvgIpc) is 3.06. The zero-order chi connectivity index (χ0) is 19.9. The fraction of sp³-hybridized carbons (Fsp3) is 0.450. The van der Waals surface area contributed by atoms with E-state index in [4.69, 9.17) is 4.74 Å². The van der Waals surface area contributed by atoms with Gasteiger partial charge in [-0.1, -0.05) is 50.1 Å². The van der Waals surface area contributed by atoms with Crippen molar-refractivity contribution in [2.45, 2.75) is 58.6 Å². The molecule has 0 aliphatic carbocycles. The third-order valence-electron chi connectivity index (χ3n) is 3.66. The van der Waals surface area contributed by atoms with Crippen molar-refractivity contribution >= 4 is 28.5 Å². The van der Waals surface area contributed by atoms with Crippen molar-refractivity contribution in [3.8, 4) is 11.3 Å². The third-order valence-corrected chi connectivity index (χ3v) is 4.42. The third kappa shape index (κ3) is 7.02. The Morgan fingerprint density at radius 1 is 1.22 bits per heavy atom. The van der Waals surface area contributed by atoms with E-state index < -0.39 is 17.7 Å². The number of benzene rings is 1. The molecule has 2 aromatic rings. The topological polar surface area (TPSA) is 80.3 Å². The second-order valence-corrected chi connectivity index (χ2v) is 8.09. The number of ether oxygens (including phenoxy) is 1. The Morgan fingerprint density at radius 2 is 1.93 bits per heavy atom. The van der Waals surface area contributed by atoms with Crippen molar-refractivity contribution in [2.24, 2.45) is 0 Å². The molecule has 0 saturated carbocycles. The fourth-order valence-corrected chi connectivity index (χ4v) is 3.11. The molecule has 0 saturated heterocycles. The van der Waals surface area contributed by atoms with Crippen LogP contribution >= 0.6 is 11.3 Å². The van der Waals surface area contributed by atoms with Crippen LogP contribution in [0.25, 0.3) is 11.3 Å². The van der Waals surface area contributed by atoms with Crippen LogP contribution in [0.4, 0.5) is 9.93 Å². The average molecular weight is 390 g/mol. The van der Waals surface area contributed by atoms with Gasteiger partial charge in [-0.2, -0.15) is 0 Å². The van der Waals surface area contributed by atoms with Crippen molar-refractivity contribution in [1.29, 1.82) is 0 Å². The zero-order valence-corrected chi connectivity index (χ0v) is 17.1. The summed E-state index contributed by atoms with van der Waals surface area (Å²) in [6.07, 6.45) is 1.69. The van der Waals surface area contributed by atoms with Gasteiger partial charge < -0.3 is 15.4 Å². The molecule has 1 unspecified atom stereocenters. The van der Waals surface area contributed by atoms with E-state index in [0.717, 1.165) is 24.1 Å². The van der Waals surface area contributed by atoms with Gasteiger partial charge in [-0.25, -0.2) is 9.78 Å². The summed E-state index contributed by atoms with van der Waals surface area (Å²) in [7, 11) is 0. The molecule has 0 fully saturated rings. The molecular weight excluding hydrogens is 362 g/mol. The summed E-state index contributed by atoms with van der Waals surface area (Å²) >= 11 is 1.36. The van der Waals surface area contributed by atoms with E-state index in [1.54, 1.807) is 20.8 Å². The van der Waals surface area contributed by atoms with E-state index in [1.807, 2.05) is 42.6 Å². The molecule has 0 aliphatic rings. The van der Waals surface area contributed by atoms with Crippen LogP contribution in [0.5, 0.6) is 0 Å². The molecular formula is C20H27N3O3S. The smallest absolute Gasteiger partial charge is 0.408 e. The Hall–Kier alpha value is -2.41. The molecule has 146 valence electrons. The highest BCUT2D eigenvalue weighted by atomic mass is 32.1. The maximum absolute atomic E-state index is 12.7. The lowest BCUT2D eigenvalue weighted by Crippen LogP contribution is -2.45. The minimum absolute atomic E-state index is 0.289. The second-order valence-electron chi connectivity index (χ2n) is 7.23. The number of unbranched alkanes of at least 4 members (excludes halogenated alkanes) is 1. The molecule has 1 heterocycles. The Labute approximate surface area is 164 Å². The van der Waals surface area contributed by atoms with Gasteiger partial charge in [0.2, 0.25) is 5.91 Å². The van der Waals surface area contributed by atoms with Crippen molar-refractivity contribution in [1.82, 2.24) is 10.3 Å². The van der Waals surface area contributed by atoms with Crippen LogP contribution in [0, 0.1) is 0 Å². The van der Waals surface area contributed by atoms with Crippen molar-refractivity contribution < 1.29 is 14.3 Å². The molecule has 1 atom stereocenters. The molecule has 0 spiro atoms. The number of rotatable bonds is 7. The standard InChI is InChI=1S/C20H27N3O3S/c1-5-6-12-15(22-19(25)26-20(2,3)4)17(24)23-18-21-16(13-27-18)14-10-8-7-9-11-14/h7-11,13,15H,5-6,12H2,1-4H3,(H,22,25)(H,21,23,24). The number of aromatic nitrogens is 1. The molecule has 6 nitrogen and oxygen atoms in total. The van der Waals surface area contributed by atoms with Gasteiger partial charge in [0.1, 0.15) is 11.6 Å². The van der Waals surface area contributed by atoms with Crippen molar-refractivity contribution in [2.75, 3.05) is 5.32 Å². The number of nitrogens with one attached hydrogen (secondary N) is 2. The Kier molecular flexibility index (Phi) is 7.36. The maximum atomic E-state index is 12.7. The molecule has 0 aliphatic heterocycles. The van der Waals surface area contributed by atoms with Gasteiger partial charge in [-0.15, -0.1) is 11.3 Å². The number of thiazole rings is 1. The first-order chi connectivity index (χ1) is 12.8. The number of amides is 2. The highest BCUT2D eigenvalue weighted by Gasteiger charge is 2.24. The monoisotopic (exact) mass is 389 g/mol. The molecule has 7 heteroatoms. The molecule has 2 rings (SSSR count). The normalized spacial score (nSPS) is 12.3. The number of hydrogen-bond acceptors (Lipinski definition) is 5. The summed E-state index contributed by atoms with van der Waals surface area (Å²) in [6.45, 7) is 7.40. The summed E-state index contributed by atoms with van der Waals surface area (Å²) < 4.78 is 5.27. The number of carbonyl (C=O) groups is 2. The minimum Gasteiger partial charge on any atom is -0.444 e. The van der Waals surface area contributed by atoms with Crippen LogP contribution in [-0.2, 0) is 9.53 Å². The van der Waals surface area contributed by atoms with Crippen LogP contribution in [0.15, 0.2) is 35.7 Å². The van der Waals surface area contributed by atoms with Gasteiger partial charge in [0.05, 0.1) is 5.69 Å². The number of hydrogen-bond donors (Lipinski definition) is 2. The number of alkyl carbamates (subject to hydrolysis) is 1. The summed E-state index contributed by atoms with van der Waals surface area (Å²) in [5.41, 5.74) is 1.18. The predicted molar refractivity (Wildman–Crippen MR) is 109 cm³/mol. The van der Waals surface area contributed by atoms with Crippen LogP contribution in [0.2, 0.25) is 0 Å². The van der Waals surface area contributed by atoms with Gasteiger partial charge in [-0.3, -0.25) is 4.79 Å². The van der Waals surface area contributed by atoms with Gasteiger partial charge >= 0.3 is 6.09 Å². The SMILES string of the molecule is CCCCC(NC(=O)OC(C)(C)C)C(=O)Nc1nc(-c2ccccc2)cs1. The summed E-state index contributed by atoms with van der Waals surface area (Å²) in [4.78, 5) is 29.2. The first-order valence-electron chi connectivity index (χ1n) is 9.10. The summed E-state index contributed by atoms with van der Waals surface area (Å²) in [5.74, 6) is -0.289. The highest BCUT2D eigenvalue weighted by molar-refractivity contribution is 7.14. The number of anilines is 1. The molecule has 1 aromatic carbocycles. The number of carbonyl (C=O) groups excluding carboxylic acids is 2. The molecule has 2 amide bonds. The van der Waals surface area contributed by atoms with Crippen LogP contribution < -0.4 is 10.6 Å². The first-order valence-corrected chi connectivity index (χ1v) is 9.98. The van der Waals surface area contributed by atoms with E-state index in [1.165, 1.54) is 11.3 Å². The highest BCUT2D eigenvalue weighted by Crippen LogP contribution is 2.24. The minimum atomic E-state index is -0.663. The lowest BCUT2D eigenvalue weighted by atomic mass is 10.1. The van der Waals surface area contributed by atoms with Gasteiger partial charge in [0.25, 0.3) is 0 Å². The first kappa shape index (κ1) is 20.9. The number of nitrogens with zero attached hydrogens (tertiary/aromatic N) is 1. The Morgan fingerprint density at radius 3 is 2.56 bits per heavy atom. The molecule has 27 heavy (non-hydrogen) atoms. The maximum Gasteiger partial charge on any atom is 0.408 e. The quantitative estimate of drug-likeness (QED) is 0.710. The Balaban J connectivity index is 2.02. The van der Waals surface area contributed by atoms with Gasteiger partial charge in [-0.05, 0) is 27.2 Å². The molecule has 0 radical (unpaired) electrons. The van der Waals surface area contributed by atoms with E-state index in [-0.39, 0.29) is 5.91 Å². The van der Waals surface area contributed by atoms with Crippen LogP contribution in [0.3, 0.4) is 0 Å². The molecule has 0 bridgehead atoms. The second kappa shape index (κ2) is 9.50. The van der Waals surface area contributed by atoms with E-state index in [2.05, 4.69) is 15.6 Å². The molecule has 2 N–H and O–H groups in total. The summed E-state index contributed by atoms with van der Waals surface area (Å²) in [5, 5.41) is 7.88. The molecule has 1 aromatic heterocycles. The van der Waals surface area contributed by atoms with Crippen molar-refractivity contribution in [3.63, 3.8) is 0 Å². The van der Waals surface area contributed by atoms with Crippen molar-refractivity contribution in [3.05, 3.63) is 35.7 Å². The van der Waals surface area contributed by atoms with Crippen LogP contribution in [0.1, 0.15) is 47.0 Å². The van der Waals surface area contributed by atoms with Crippen LogP contribution in [-0.4, -0.2) is 28.6 Å². The zero-order valence-electron chi connectivity index (χ0n) is 16.2. The van der Waals surface area contributed by atoms with Gasteiger partial charge in [0.15, 0.2) is 5.13 Å². The Bertz CT molecular complexity index is 753.